The van der Waals surface area contributed by atoms with Crippen LogP contribution >= 0.6 is 0 Å². The molecule has 1 aromatic carbocycles. The van der Waals surface area contributed by atoms with Crippen LogP contribution in [0.4, 0.5) is 0 Å². The summed E-state index contributed by atoms with van der Waals surface area (Å²) in [5.41, 5.74) is 0. The highest BCUT2D eigenvalue weighted by Gasteiger charge is 1.99. The fourth-order valence-corrected chi connectivity index (χ4v) is 1.64. The monoisotopic (exact) mass is 170 g/mol. The van der Waals surface area contributed by atoms with E-state index >= 15 is 0 Å². The lowest BCUT2D eigenvalue weighted by molar-refractivity contribution is 0.321. The molecule has 0 aliphatic rings. The highest BCUT2D eigenvalue weighted by molar-refractivity contribution is 7.85. The van der Waals surface area contributed by atoms with Crippen LogP contribution in [-0.4, -0.2) is 21.7 Å². The zero-order valence-electron chi connectivity index (χ0n) is 6.06. The molecule has 0 spiro atoms. The van der Waals surface area contributed by atoms with Crippen molar-refractivity contribution >= 4 is 10.8 Å². The topological polar surface area (TPSA) is 37.3 Å². The molecule has 0 unspecified atom stereocenters. The molecule has 0 amide bonds. The van der Waals surface area contributed by atoms with Crippen LogP contribution in [0.5, 0.6) is 0 Å². The average Bonchev–Trinajstić information content (AvgIpc) is 2.07. The van der Waals surface area contributed by atoms with E-state index in [9.17, 15) is 4.21 Å². The minimum atomic E-state index is -1.03. The number of hydrogen-bond acceptors (Lipinski definition) is 2. The van der Waals surface area contributed by atoms with Gasteiger partial charge in [-0.1, -0.05) is 18.2 Å². The van der Waals surface area contributed by atoms with E-state index in [0.29, 0.717) is 5.75 Å². The molecular weight excluding hydrogens is 160 g/mol. The minimum Gasteiger partial charge on any atom is -0.395 e. The van der Waals surface area contributed by atoms with Crippen molar-refractivity contribution in [2.24, 2.45) is 0 Å². The summed E-state index contributed by atoms with van der Waals surface area (Å²) in [4.78, 5) is 0.779. The molecule has 1 N–H and O–H groups in total. The van der Waals surface area contributed by atoms with Crippen molar-refractivity contribution < 1.29 is 9.32 Å². The van der Waals surface area contributed by atoms with Crippen molar-refractivity contribution in [3.8, 4) is 0 Å². The summed E-state index contributed by atoms with van der Waals surface area (Å²) < 4.78 is 11.2. The van der Waals surface area contributed by atoms with Gasteiger partial charge in [0.2, 0.25) is 0 Å². The molecule has 0 aromatic heterocycles. The Kier molecular flexibility index (Phi) is 3.26. The van der Waals surface area contributed by atoms with Crippen LogP contribution < -0.4 is 0 Å². The van der Waals surface area contributed by atoms with Gasteiger partial charge in [-0.25, -0.2) is 0 Å². The van der Waals surface area contributed by atoms with E-state index in [-0.39, 0.29) is 6.61 Å². The fraction of sp³-hybridized carbons (Fsp3) is 0.250. The van der Waals surface area contributed by atoms with Crippen molar-refractivity contribution in [1.82, 2.24) is 0 Å². The van der Waals surface area contributed by atoms with Gasteiger partial charge in [-0.3, -0.25) is 4.21 Å². The van der Waals surface area contributed by atoms with Crippen LogP contribution in [0.15, 0.2) is 35.2 Å². The predicted octanol–water partition coefficient (Wildman–Crippen LogP) is 0.787. The van der Waals surface area contributed by atoms with E-state index in [1.54, 1.807) is 12.1 Å². The second kappa shape index (κ2) is 4.26. The van der Waals surface area contributed by atoms with Crippen molar-refractivity contribution in [3.63, 3.8) is 0 Å². The first-order valence-corrected chi connectivity index (χ1v) is 4.71. The Hall–Kier alpha value is -0.670. The summed E-state index contributed by atoms with van der Waals surface area (Å²) in [5, 5.41) is 8.50. The van der Waals surface area contributed by atoms with Crippen LogP contribution in [-0.2, 0) is 10.8 Å². The van der Waals surface area contributed by atoms with E-state index in [2.05, 4.69) is 0 Å². The first-order chi connectivity index (χ1) is 5.34. The van der Waals surface area contributed by atoms with Gasteiger partial charge in [-0.2, -0.15) is 0 Å². The summed E-state index contributed by atoms with van der Waals surface area (Å²) in [6.45, 7) is -0.0263. The molecule has 3 heteroatoms. The average molecular weight is 170 g/mol. The fourth-order valence-electron chi connectivity index (χ4n) is 0.773. The van der Waals surface area contributed by atoms with Gasteiger partial charge >= 0.3 is 0 Å². The molecule has 1 rings (SSSR count). The maximum atomic E-state index is 11.2. The van der Waals surface area contributed by atoms with Crippen LogP contribution in [0.25, 0.3) is 0 Å². The number of hydrogen-bond donors (Lipinski definition) is 1. The molecular formula is C8H10O2S. The molecule has 0 saturated carbocycles. The molecule has 60 valence electrons. The lowest BCUT2D eigenvalue weighted by Gasteiger charge is -1.97. The summed E-state index contributed by atoms with van der Waals surface area (Å²) in [6.07, 6.45) is 0. The molecule has 1 atom stereocenters. The quantitative estimate of drug-likeness (QED) is 0.728. The highest BCUT2D eigenvalue weighted by Crippen LogP contribution is 2.04. The van der Waals surface area contributed by atoms with Gasteiger partial charge in [0.05, 0.1) is 23.2 Å². The van der Waals surface area contributed by atoms with Crippen LogP contribution in [0.3, 0.4) is 0 Å². The maximum absolute atomic E-state index is 11.2. The molecule has 2 nitrogen and oxygen atoms in total. The Labute approximate surface area is 68.3 Å². The predicted molar refractivity (Wildman–Crippen MR) is 44.8 cm³/mol. The van der Waals surface area contributed by atoms with Gasteiger partial charge < -0.3 is 5.11 Å². The summed E-state index contributed by atoms with van der Waals surface area (Å²) in [5.74, 6) is 0.323. The lowest BCUT2D eigenvalue weighted by Crippen LogP contribution is -2.01. The summed E-state index contributed by atoms with van der Waals surface area (Å²) >= 11 is 0. The highest BCUT2D eigenvalue weighted by atomic mass is 32.2. The molecule has 0 heterocycles. The number of benzene rings is 1. The minimum absolute atomic E-state index is 0.0263. The van der Waals surface area contributed by atoms with Crippen molar-refractivity contribution in [3.05, 3.63) is 30.3 Å². The molecule has 0 radical (unpaired) electrons. The third-order valence-corrected chi connectivity index (χ3v) is 2.63. The van der Waals surface area contributed by atoms with Gasteiger partial charge in [-0.05, 0) is 12.1 Å². The molecule has 0 bridgehead atoms. The third-order valence-electron chi connectivity index (χ3n) is 1.28. The number of aliphatic hydroxyl groups is 1. The smallest absolute Gasteiger partial charge is 0.0552 e. The Morgan fingerprint density at radius 3 is 2.45 bits per heavy atom. The van der Waals surface area contributed by atoms with Crippen molar-refractivity contribution in [1.29, 1.82) is 0 Å². The Bertz CT molecular complexity index is 233. The summed E-state index contributed by atoms with van der Waals surface area (Å²) in [7, 11) is -1.03. The van der Waals surface area contributed by atoms with E-state index in [0.717, 1.165) is 4.90 Å². The van der Waals surface area contributed by atoms with Crippen LogP contribution in [0, 0.1) is 0 Å². The first-order valence-electron chi connectivity index (χ1n) is 3.39. The lowest BCUT2D eigenvalue weighted by atomic mass is 10.4. The van der Waals surface area contributed by atoms with E-state index in [4.69, 9.17) is 5.11 Å². The Morgan fingerprint density at radius 1 is 1.27 bits per heavy atom. The molecule has 0 fully saturated rings. The second-order valence-corrected chi connectivity index (χ2v) is 3.66. The van der Waals surface area contributed by atoms with Gasteiger partial charge in [0.15, 0.2) is 0 Å². The molecule has 0 saturated heterocycles. The summed E-state index contributed by atoms with van der Waals surface area (Å²) in [6, 6.07) is 9.15. The Balaban J connectivity index is 2.69. The van der Waals surface area contributed by atoms with Gasteiger partial charge in [0.25, 0.3) is 0 Å². The molecule has 1 aromatic rings. The van der Waals surface area contributed by atoms with Crippen LogP contribution in [0.2, 0.25) is 0 Å². The first kappa shape index (κ1) is 8.43. The normalized spacial score (nSPS) is 12.8. The zero-order chi connectivity index (χ0) is 8.10. The van der Waals surface area contributed by atoms with E-state index < -0.39 is 10.8 Å². The largest absolute Gasteiger partial charge is 0.395 e. The van der Waals surface area contributed by atoms with Crippen molar-refractivity contribution in [2.45, 2.75) is 4.90 Å². The van der Waals surface area contributed by atoms with Gasteiger partial charge in [0, 0.05) is 4.90 Å². The van der Waals surface area contributed by atoms with E-state index in [1.807, 2.05) is 18.2 Å². The molecule has 11 heavy (non-hydrogen) atoms. The van der Waals surface area contributed by atoms with E-state index in [1.165, 1.54) is 0 Å². The number of aliphatic hydroxyl groups excluding tert-OH is 1. The Morgan fingerprint density at radius 2 is 1.91 bits per heavy atom. The molecule has 0 aliphatic carbocycles. The van der Waals surface area contributed by atoms with Gasteiger partial charge in [0.1, 0.15) is 0 Å². The van der Waals surface area contributed by atoms with Crippen molar-refractivity contribution in [2.75, 3.05) is 12.4 Å². The zero-order valence-corrected chi connectivity index (χ0v) is 6.88. The standard InChI is InChI=1S/C8H10O2S/c9-6-7-11(10)8-4-2-1-3-5-8/h1-5,9H,6-7H2/t11-/m1/s1. The third kappa shape index (κ3) is 2.44. The maximum Gasteiger partial charge on any atom is 0.0552 e. The molecule has 0 aliphatic heterocycles. The van der Waals surface area contributed by atoms with Gasteiger partial charge in [-0.15, -0.1) is 0 Å². The van der Waals surface area contributed by atoms with Crippen LogP contribution in [0.1, 0.15) is 0 Å². The second-order valence-electron chi connectivity index (χ2n) is 2.09. The SMILES string of the molecule is O=[S@](CCO)c1ccccc1. The number of rotatable bonds is 3.